The fourth-order valence-corrected chi connectivity index (χ4v) is 1.86. The highest BCUT2D eigenvalue weighted by molar-refractivity contribution is 7.98. The van der Waals surface area contributed by atoms with E-state index in [2.05, 4.69) is 15.3 Å². The summed E-state index contributed by atoms with van der Waals surface area (Å²) in [5.41, 5.74) is 0. The molecule has 0 radical (unpaired) electrons. The molecule has 0 aliphatic carbocycles. The highest BCUT2D eigenvalue weighted by atomic mass is 32.2. The molecule has 2 rings (SSSR count). The molecule has 0 saturated carbocycles. The predicted octanol–water partition coefficient (Wildman–Crippen LogP) is 3.03. The van der Waals surface area contributed by atoms with Crippen LogP contribution in [0.3, 0.4) is 0 Å². The van der Waals surface area contributed by atoms with Gasteiger partial charge < -0.3 is 10.1 Å². The summed E-state index contributed by atoms with van der Waals surface area (Å²) in [6.45, 7) is 0. The maximum atomic E-state index is 5.71. The first-order chi connectivity index (χ1) is 8.33. The average molecular weight is 247 g/mol. The Morgan fingerprint density at radius 3 is 2.82 bits per heavy atom. The molecule has 17 heavy (non-hydrogen) atoms. The second kappa shape index (κ2) is 5.54. The van der Waals surface area contributed by atoms with Crippen LogP contribution < -0.4 is 10.1 Å². The molecule has 0 saturated heterocycles. The molecular weight excluding hydrogens is 234 g/mol. The normalized spacial score (nSPS) is 10.0. The Hall–Kier alpha value is -1.75. The summed E-state index contributed by atoms with van der Waals surface area (Å²) >= 11 is 1.64. The van der Waals surface area contributed by atoms with Gasteiger partial charge in [0.2, 0.25) is 5.88 Å². The van der Waals surface area contributed by atoms with Crippen LogP contribution >= 0.6 is 11.8 Å². The van der Waals surface area contributed by atoms with E-state index >= 15 is 0 Å². The predicted molar refractivity (Wildman–Crippen MR) is 69.9 cm³/mol. The first-order valence-corrected chi connectivity index (χ1v) is 6.36. The number of aromatic nitrogens is 2. The smallest absolute Gasteiger partial charge is 0.239 e. The molecule has 0 aliphatic rings. The van der Waals surface area contributed by atoms with Crippen LogP contribution in [-0.4, -0.2) is 23.3 Å². The third-order valence-electron chi connectivity index (χ3n) is 2.15. The maximum Gasteiger partial charge on any atom is 0.239 e. The van der Waals surface area contributed by atoms with E-state index in [1.54, 1.807) is 31.2 Å². The Bertz CT molecular complexity index is 505. The van der Waals surface area contributed by atoms with Crippen molar-refractivity contribution in [2.75, 3.05) is 18.6 Å². The van der Waals surface area contributed by atoms with Gasteiger partial charge in [-0.3, -0.25) is 4.98 Å². The molecule has 0 fully saturated rings. The molecule has 1 N–H and O–H groups in total. The van der Waals surface area contributed by atoms with Gasteiger partial charge in [0, 0.05) is 11.9 Å². The third-order valence-corrected chi connectivity index (χ3v) is 2.93. The van der Waals surface area contributed by atoms with Gasteiger partial charge in [0.1, 0.15) is 11.6 Å². The summed E-state index contributed by atoms with van der Waals surface area (Å²) in [6, 6.07) is 7.84. The lowest BCUT2D eigenvalue weighted by atomic mass is 10.3. The number of thioether (sulfide) groups is 1. The molecule has 1 aromatic carbocycles. The first-order valence-electron chi connectivity index (χ1n) is 5.14. The highest BCUT2D eigenvalue weighted by Gasteiger charge is 2.04. The van der Waals surface area contributed by atoms with Crippen LogP contribution in [0, 0.1) is 0 Å². The highest BCUT2D eigenvalue weighted by Crippen LogP contribution is 2.30. The number of hydrogen-bond donors (Lipinski definition) is 1. The van der Waals surface area contributed by atoms with Crippen LogP contribution in [0.2, 0.25) is 0 Å². The number of anilines is 1. The fourth-order valence-electron chi connectivity index (χ4n) is 1.33. The van der Waals surface area contributed by atoms with Gasteiger partial charge in [-0.05, 0) is 18.4 Å². The number of ether oxygens (including phenoxy) is 1. The number of para-hydroxylation sites is 1. The average Bonchev–Trinajstić information content (AvgIpc) is 2.39. The number of benzene rings is 1. The van der Waals surface area contributed by atoms with Crippen molar-refractivity contribution in [1.82, 2.24) is 9.97 Å². The van der Waals surface area contributed by atoms with E-state index in [4.69, 9.17) is 4.74 Å². The topological polar surface area (TPSA) is 47.0 Å². The molecule has 1 aromatic heterocycles. The molecule has 4 nitrogen and oxygen atoms in total. The van der Waals surface area contributed by atoms with Crippen molar-refractivity contribution in [1.29, 1.82) is 0 Å². The van der Waals surface area contributed by atoms with Crippen LogP contribution in [-0.2, 0) is 0 Å². The van der Waals surface area contributed by atoms with E-state index in [0.717, 1.165) is 10.6 Å². The molecule has 0 aliphatic heterocycles. The van der Waals surface area contributed by atoms with Gasteiger partial charge >= 0.3 is 0 Å². The van der Waals surface area contributed by atoms with Crippen LogP contribution in [0.25, 0.3) is 0 Å². The van der Waals surface area contributed by atoms with Crippen LogP contribution in [0.1, 0.15) is 0 Å². The van der Waals surface area contributed by atoms with Crippen molar-refractivity contribution in [2.45, 2.75) is 4.90 Å². The SMILES string of the molecule is CNc1cncc(Oc2ccccc2SC)n1. The Balaban J connectivity index is 2.24. The number of nitrogens with zero attached hydrogens (tertiary/aromatic N) is 2. The fraction of sp³-hybridized carbons (Fsp3) is 0.167. The minimum atomic E-state index is 0.485. The van der Waals surface area contributed by atoms with Crippen molar-refractivity contribution >= 4 is 17.6 Å². The van der Waals surface area contributed by atoms with Gasteiger partial charge in [-0.15, -0.1) is 11.8 Å². The van der Waals surface area contributed by atoms with Gasteiger partial charge in [-0.25, -0.2) is 0 Å². The summed E-state index contributed by atoms with van der Waals surface area (Å²) in [5.74, 6) is 1.96. The van der Waals surface area contributed by atoms with E-state index in [0.29, 0.717) is 11.7 Å². The number of nitrogens with one attached hydrogen (secondary N) is 1. The maximum absolute atomic E-state index is 5.71. The standard InChI is InChI=1S/C12H13N3OS/c1-13-11-7-14-8-12(15-11)16-9-5-3-4-6-10(9)17-2/h3-8H,1-2H3,(H,13,15). The van der Waals surface area contributed by atoms with Crippen molar-refractivity contribution in [3.8, 4) is 11.6 Å². The molecule has 0 spiro atoms. The van der Waals surface area contributed by atoms with Crippen molar-refractivity contribution in [3.05, 3.63) is 36.7 Å². The zero-order valence-corrected chi connectivity index (χ0v) is 10.5. The van der Waals surface area contributed by atoms with Gasteiger partial charge in [0.15, 0.2) is 0 Å². The Kier molecular flexibility index (Phi) is 3.82. The molecule has 1 heterocycles. The Morgan fingerprint density at radius 2 is 2.06 bits per heavy atom. The van der Waals surface area contributed by atoms with E-state index in [-0.39, 0.29) is 0 Å². The lowest BCUT2D eigenvalue weighted by molar-refractivity contribution is 0.450. The Labute approximate surface area is 104 Å². The molecule has 2 aromatic rings. The first kappa shape index (κ1) is 11.7. The second-order valence-electron chi connectivity index (χ2n) is 3.25. The van der Waals surface area contributed by atoms with Crippen LogP contribution in [0.15, 0.2) is 41.6 Å². The molecular formula is C12H13N3OS. The van der Waals surface area contributed by atoms with Gasteiger partial charge in [0.25, 0.3) is 0 Å². The third kappa shape index (κ3) is 2.88. The van der Waals surface area contributed by atoms with Gasteiger partial charge in [-0.2, -0.15) is 4.98 Å². The molecule has 0 unspecified atom stereocenters. The van der Waals surface area contributed by atoms with Gasteiger partial charge in [-0.1, -0.05) is 12.1 Å². The van der Waals surface area contributed by atoms with Gasteiger partial charge in [0.05, 0.1) is 12.4 Å². The van der Waals surface area contributed by atoms with E-state index in [1.165, 1.54) is 0 Å². The lowest BCUT2D eigenvalue weighted by Gasteiger charge is -2.08. The van der Waals surface area contributed by atoms with Crippen molar-refractivity contribution in [3.63, 3.8) is 0 Å². The largest absolute Gasteiger partial charge is 0.436 e. The Morgan fingerprint density at radius 1 is 1.24 bits per heavy atom. The molecule has 5 heteroatoms. The molecule has 0 amide bonds. The quantitative estimate of drug-likeness (QED) is 0.841. The van der Waals surface area contributed by atoms with E-state index in [1.807, 2.05) is 30.5 Å². The number of rotatable bonds is 4. The lowest BCUT2D eigenvalue weighted by Crippen LogP contribution is -1.96. The van der Waals surface area contributed by atoms with E-state index in [9.17, 15) is 0 Å². The summed E-state index contributed by atoms with van der Waals surface area (Å²) in [6.07, 6.45) is 5.25. The van der Waals surface area contributed by atoms with Crippen LogP contribution in [0.5, 0.6) is 11.6 Å². The molecule has 0 bridgehead atoms. The summed E-state index contributed by atoms with van der Waals surface area (Å²) in [5, 5.41) is 2.92. The summed E-state index contributed by atoms with van der Waals surface area (Å²) < 4.78 is 5.71. The molecule has 88 valence electrons. The molecule has 0 atom stereocenters. The summed E-state index contributed by atoms with van der Waals surface area (Å²) in [4.78, 5) is 9.38. The van der Waals surface area contributed by atoms with E-state index < -0.39 is 0 Å². The minimum Gasteiger partial charge on any atom is -0.436 e. The second-order valence-corrected chi connectivity index (χ2v) is 4.09. The monoisotopic (exact) mass is 247 g/mol. The summed E-state index contributed by atoms with van der Waals surface area (Å²) in [7, 11) is 1.80. The van der Waals surface area contributed by atoms with Crippen molar-refractivity contribution < 1.29 is 4.74 Å². The zero-order valence-electron chi connectivity index (χ0n) is 9.68. The zero-order chi connectivity index (χ0) is 12.1. The van der Waals surface area contributed by atoms with Crippen LogP contribution in [0.4, 0.5) is 5.82 Å². The minimum absolute atomic E-state index is 0.485. The van der Waals surface area contributed by atoms with Crippen molar-refractivity contribution in [2.24, 2.45) is 0 Å². The number of hydrogen-bond acceptors (Lipinski definition) is 5.